The lowest BCUT2D eigenvalue weighted by Gasteiger charge is -2.29. The summed E-state index contributed by atoms with van der Waals surface area (Å²) in [5.41, 5.74) is 0.0347. The van der Waals surface area contributed by atoms with Gasteiger partial charge in [0.15, 0.2) is 17.6 Å². The Kier molecular flexibility index (Phi) is 5.62. The highest BCUT2D eigenvalue weighted by Gasteiger charge is 2.23. The van der Waals surface area contributed by atoms with Gasteiger partial charge >= 0.3 is 0 Å². The maximum Gasteiger partial charge on any atom is 0.269 e. The average Bonchev–Trinajstić information content (AvgIpc) is 2.66. The summed E-state index contributed by atoms with van der Waals surface area (Å²) in [6, 6.07) is 13.6. The van der Waals surface area contributed by atoms with Crippen molar-refractivity contribution in [1.82, 2.24) is 4.90 Å². The second-order valence-electron chi connectivity index (χ2n) is 5.81. The first kappa shape index (κ1) is 18.1. The Morgan fingerprint density at radius 3 is 2.62 bits per heavy atom. The highest BCUT2D eigenvalue weighted by Crippen LogP contribution is 2.31. The fraction of sp³-hybridized carbons (Fsp3) is 0.278. The van der Waals surface area contributed by atoms with Gasteiger partial charge in [-0.25, -0.2) is 0 Å². The number of hydrogen-bond acceptors (Lipinski definition) is 6. The summed E-state index contributed by atoms with van der Waals surface area (Å²) in [6.07, 6.45) is -0.219. The quantitative estimate of drug-likeness (QED) is 0.439. The van der Waals surface area contributed by atoms with Crippen molar-refractivity contribution in [2.24, 2.45) is 0 Å². The minimum absolute atomic E-state index is 0.0347. The number of hydrogen-bond donors (Lipinski definition) is 0. The van der Waals surface area contributed by atoms with Crippen LogP contribution in [0, 0.1) is 10.1 Å². The smallest absolute Gasteiger partial charge is 0.269 e. The number of nitro benzene ring substituents is 1. The molecule has 0 radical (unpaired) electrons. The van der Waals surface area contributed by atoms with E-state index in [2.05, 4.69) is 0 Å². The molecule has 0 spiro atoms. The molecule has 1 aliphatic heterocycles. The number of amides is 1. The van der Waals surface area contributed by atoms with Crippen molar-refractivity contribution >= 4 is 23.4 Å². The number of rotatable bonds is 6. The Balaban J connectivity index is 1.48. The van der Waals surface area contributed by atoms with Crippen molar-refractivity contribution in [3.63, 3.8) is 0 Å². The number of ether oxygens (including phenoxy) is 2. The van der Waals surface area contributed by atoms with Crippen molar-refractivity contribution in [2.75, 3.05) is 26.0 Å². The van der Waals surface area contributed by atoms with E-state index in [0.29, 0.717) is 24.7 Å². The van der Waals surface area contributed by atoms with E-state index in [0.717, 1.165) is 4.90 Å². The van der Waals surface area contributed by atoms with Gasteiger partial charge in [-0.05, 0) is 24.3 Å². The topological polar surface area (TPSA) is 81.9 Å². The summed E-state index contributed by atoms with van der Waals surface area (Å²) < 4.78 is 11.5. The van der Waals surface area contributed by atoms with Gasteiger partial charge in [0.25, 0.3) is 5.69 Å². The third-order valence-corrected chi connectivity index (χ3v) is 4.88. The summed E-state index contributed by atoms with van der Waals surface area (Å²) >= 11 is 1.34. The van der Waals surface area contributed by atoms with Crippen LogP contribution in [0.1, 0.15) is 0 Å². The number of carbonyl (C=O) groups excluding carboxylic acids is 1. The van der Waals surface area contributed by atoms with Crippen molar-refractivity contribution in [3.8, 4) is 11.5 Å². The van der Waals surface area contributed by atoms with Crippen LogP contribution in [0.4, 0.5) is 5.69 Å². The molecular weight excluding hydrogens is 356 g/mol. The van der Waals surface area contributed by atoms with Gasteiger partial charge in [-0.3, -0.25) is 14.9 Å². The predicted molar refractivity (Wildman–Crippen MR) is 97.8 cm³/mol. The van der Waals surface area contributed by atoms with Gasteiger partial charge in [0.05, 0.1) is 17.2 Å². The number of non-ortho nitro benzene ring substituents is 1. The fourth-order valence-corrected chi connectivity index (χ4v) is 3.32. The number of likely N-dealkylation sites (N-methyl/N-ethyl adjacent to an activating group) is 1. The zero-order valence-corrected chi connectivity index (χ0v) is 15.0. The summed E-state index contributed by atoms with van der Waals surface area (Å²) in [5.74, 6) is 1.60. The Bertz CT molecular complexity index is 796. The number of nitrogens with zero attached hydrogens (tertiary/aromatic N) is 2. The highest BCUT2D eigenvalue weighted by atomic mass is 32.2. The number of carbonyl (C=O) groups is 1. The Labute approximate surface area is 155 Å². The summed E-state index contributed by atoms with van der Waals surface area (Å²) in [4.78, 5) is 24.9. The van der Waals surface area contributed by atoms with Gasteiger partial charge in [0, 0.05) is 24.1 Å². The molecule has 2 aromatic rings. The summed E-state index contributed by atoms with van der Waals surface area (Å²) in [6.45, 7) is 0.818. The number of thioether (sulfide) groups is 1. The van der Waals surface area contributed by atoms with Gasteiger partial charge in [0.2, 0.25) is 5.91 Å². The molecule has 1 amide bonds. The van der Waals surface area contributed by atoms with Crippen LogP contribution in [0.3, 0.4) is 0 Å². The normalized spacial score (nSPS) is 15.3. The van der Waals surface area contributed by atoms with E-state index in [1.165, 1.54) is 23.9 Å². The average molecular weight is 374 g/mol. The van der Waals surface area contributed by atoms with Crippen LogP contribution >= 0.6 is 11.8 Å². The molecule has 0 bridgehead atoms. The molecule has 1 aliphatic rings. The van der Waals surface area contributed by atoms with Crippen LogP contribution in [0.25, 0.3) is 0 Å². The van der Waals surface area contributed by atoms with E-state index >= 15 is 0 Å². The summed E-state index contributed by atoms with van der Waals surface area (Å²) in [5, 5.41) is 10.6. The van der Waals surface area contributed by atoms with Gasteiger partial charge in [-0.2, -0.15) is 0 Å². The maximum atomic E-state index is 12.3. The molecule has 8 heteroatoms. The van der Waals surface area contributed by atoms with Crippen LogP contribution in [-0.4, -0.2) is 47.8 Å². The summed E-state index contributed by atoms with van der Waals surface area (Å²) in [7, 11) is 1.72. The van der Waals surface area contributed by atoms with Gasteiger partial charge < -0.3 is 14.4 Å². The molecule has 2 aromatic carbocycles. The largest absolute Gasteiger partial charge is 0.486 e. The molecule has 136 valence electrons. The monoisotopic (exact) mass is 374 g/mol. The molecule has 0 saturated heterocycles. The molecule has 0 N–H and O–H groups in total. The molecule has 0 aliphatic carbocycles. The van der Waals surface area contributed by atoms with E-state index < -0.39 is 4.92 Å². The second kappa shape index (κ2) is 8.09. The molecule has 1 heterocycles. The van der Waals surface area contributed by atoms with Crippen LogP contribution < -0.4 is 9.47 Å². The molecule has 26 heavy (non-hydrogen) atoms. The Morgan fingerprint density at radius 1 is 1.23 bits per heavy atom. The van der Waals surface area contributed by atoms with Crippen LogP contribution in [0.2, 0.25) is 0 Å². The maximum absolute atomic E-state index is 12.3. The number of fused-ring (bicyclic) bond motifs is 1. The first-order valence-corrected chi connectivity index (χ1v) is 9.01. The molecule has 3 rings (SSSR count). The molecule has 1 atom stereocenters. The molecule has 0 unspecified atom stereocenters. The van der Waals surface area contributed by atoms with Crippen LogP contribution in [0.15, 0.2) is 53.4 Å². The predicted octanol–water partition coefficient (Wildman–Crippen LogP) is 2.99. The van der Waals surface area contributed by atoms with Crippen molar-refractivity contribution < 1.29 is 19.2 Å². The molecular formula is C18H18N2O5S. The van der Waals surface area contributed by atoms with Crippen LogP contribution in [0.5, 0.6) is 11.5 Å². The van der Waals surface area contributed by atoms with Gasteiger partial charge in [0.1, 0.15) is 6.61 Å². The van der Waals surface area contributed by atoms with E-state index in [4.69, 9.17) is 9.47 Å². The first-order chi connectivity index (χ1) is 12.5. The SMILES string of the molecule is CN(C[C@@H]1COc2ccccc2O1)C(=O)CSc1ccc([N+](=O)[O-])cc1. The van der Waals surface area contributed by atoms with Crippen molar-refractivity contribution in [2.45, 2.75) is 11.0 Å². The molecule has 0 fully saturated rings. The fourth-order valence-electron chi connectivity index (χ4n) is 2.48. The minimum Gasteiger partial charge on any atom is -0.486 e. The zero-order chi connectivity index (χ0) is 18.5. The van der Waals surface area contributed by atoms with E-state index in [1.807, 2.05) is 24.3 Å². The van der Waals surface area contributed by atoms with Crippen molar-refractivity contribution in [3.05, 3.63) is 58.6 Å². The lowest BCUT2D eigenvalue weighted by Crippen LogP contribution is -2.42. The van der Waals surface area contributed by atoms with E-state index in [1.54, 1.807) is 24.1 Å². The minimum atomic E-state index is -0.447. The third-order valence-electron chi connectivity index (χ3n) is 3.88. The lowest BCUT2D eigenvalue weighted by atomic mass is 10.2. The van der Waals surface area contributed by atoms with Gasteiger partial charge in [-0.15, -0.1) is 11.8 Å². The lowest BCUT2D eigenvalue weighted by molar-refractivity contribution is -0.384. The number of nitro groups is 1. The van der Waals surface area contributed by atoms with E-state index in [9.17, 15) is 14.9 Å². The van der Waals surface area contributed by atoms with Crippen molar-refractivity contribution in [1.29, 1.82) is 0 Å². The standard InChI is InChI=1S/C18H18N2O5S/c1-19(10-14-11-24-16-4-2-3-5-17(16)25-14)18(21)12-26-15-8-6-13(7-9-15)20(22)23/h2-9,14H,10-12H2,1H3/t14-/m1/s1. The number of benzene rings is 2. The third kappa shape index (κ3) is 4.45. The number of para-hydroxylation sites is 2. The first-order valence-electron chi connectivity index (χ1n) is 8.02. The zero-order valence-electron chi connectivity index (χ0n) is 14.2. The Morgan fingerprint density at radius 2 is 1.92 bits per heavy atom. The highest BCUT2D eigenvalue weighted by molar-refractivity contribution is 8.00. The van der Waals surface area contributed by atoms with Crippen LogP contribution in [-0.2, 0) is 4.79 Å². The molecule has 0 saturated carbocycles. The van der Waals surface area contributed by atoms with E-state index in [-0.39, 0.29) is 23.5 Å². The van der Waals surface area contributed by atoms with Gasteiger partial charge in [-0.1, -0.05) is 12.1 Å². The Hall–Kier alpha value is -2.74. The molecule has 7 nitrogen and oxygen atoms in total. The second-order valence-corrected chi connectivity index (χ2v) is 6.86. The molecule has 0 aromatic heterocycles.